The second-order valence-electron chi connectivity index (χ2n) is 6.55. The monoisotopic (exact) mass is 399 g/mol. The molecule has 27 heavy (non-hydrogen) atoms. The molecule has 0 atom stereocenters. The van der Waals surface area contributed by atoms with Crippen molar-refractivity contribution in [2.45, 2.75) is 37.9 Å². The van der Waals surface area contributed by atoms with E-state index in [-0.39, 0.29) is 18.0 Å². The van der Waals surface area contributed by atoms with Gasteiger partial charge in [0, 0.05) is 17.1 Å². The third-order valence-electron chi connectivity index (χ3n) is 4.90. The number of anilines is 1. The van der Waals surface area contributed by atoms with E-state index >= 15 is 0 Å². The number of carbonyl (C=O) groups excluding carboxylic acids is 1. The van der Waals surface area contributed by atoms with Gasteiger partial charge in [0.15, 0.2) is 5.16 Å². The number of carbonyl (C=O) groups is 1. The number of aromatic nitrogens is 2. The Bertz CT molecular complexity index is 1070. The first-order valence-corrected chi connectivity index (χ1v) is 11.1. The van der Waals surface area contributed by atoms with Crippen LogP contribution in [0.15, 0.2) is 40.3 Å². The largest absolute Gasteiger partial charge is 0.311 e. The molecule has 5 nitrogen and oxygen atoms in total. The molecule has 0 N–H and O–H groups in total. The van der Waals surface area contributed by atoms with E-state index in [4.69, 9.17) is 0 Å². The molecule has 0 radical (unpaired) electrons. The molecule has 3 heterocycles. The molecule has 0 unspecified atom stereocenters. The first-order chi connectivity index (χ1) is 13.1. The van der Waals surface area contributed by atoms with Crippen LogP contribution in [-0.4, -0.2) is 28.3 Å². The third kappa shape index (κ3) is 3.30. The lowest BCUT2D eigenvalue weighted by Gasteiger charge is -2.29. The van der Waals surface area contributed by atoms with Crippen molar-refractivity contribution in [1.29, 1.82) is 0 Å². The number of benzene rings is 1. The Morgan fingerprint density at radius 3 is 2.93 bits per heavy atom. The number of amides is 1. The summed E-state index contributed by atoms with van der Waals surface area (Å²) in [6, 6.07) is 9.92. The van der Waals surface area contributed by atoms with Crippen LogP contribution in [0.1, 0.15) is 23.8 Å². The topological polar surface area (TPSA) is 55.2 Å². The van der Waals surface area contributed by atoms with Crippen molar-refractivity contribution in [3.05, 3.63) is 51.1 Å². The van der Waals surface area contributed by atoms with Crippen LogP contribution in [0.25, 0.3) is 10.2 Å². The van der Waals surface area contributed by atoms with E-state index in [2.05, 4.69) is 18.0 Å². The van der Waals surface area contributed by atoms with Crippen molar-refractivity contribution in [1.82, 2.24) is 9.55 Å². The van der Waals surface area contributed by atoms with Crippen molar-refractivity contribution in [2.24, 2.45) is 0 Å². The summed E-state index contributed by atoms with van der Waals surface area (Å²) in [6.45, 7) is 2.77. The fourth-order valence-corrected chi connectivity index (χ4v) is 5.10. The van der Waals surface area contributed by atoms with Crippen LogP contribution < -0.4 is 10.5 Å². The summed E-state index contributed by atoms with van der Waals surface area (Å²) >= 11 is 2.96. The summed E-state index contributed by atoms with van der Waals surface area (Å²) in [6.07, 6.45) is 4.69. The molecular weight excluding hydrogens is 378 g/mol. The van der Waals surface area contributed by atoms with Crippen molar-refractivity contribution in [3.8, 4) is 0 Å². The Balaban J connectivity index is 1.72. The highest BCUT2D eigenvalue weighted by Gasteiger charge is 2.24. The Hall–Kier alpha value is -2.12. The van der Waals surface area contributed by atoms with Gasteiger partial charge >= 0.3 is 0 Å². The number of fused-ring (bicyclic) bond motifs is 2. The molecule has 2 aromatic heterocycles. The maximum Gasteiger partial charge on any atom is 0.263 e. The lowest BCUT2D eigenvalue weighted by Crippen LogP contribution is -2.40. The van der Waals surface area contributed by atoms with Crippen molar-refractivity contribution < 1.29 is 4.79 Å². The van der Waals surface area contributed by atoms with Crippen molar-refractivity contribution in [3.63, 3.8) is 0 Å². The molecule has 0 aliphatic carbocycles. The Labute approximate surface area is 166 Å². The number of aryl methyl sites for hydroxylation is 2. The SMILES string of the molecule is CCc1cc2c(=O)n(CC(=O)N3CCCc4ccccc43)c(SC)nc2s1. The molecule has 4 rings (SSSR count). The van der Waals surface area contributed by atoms with Gasteiger partial charge < -0.3 is 4.90 Å². The van der Waals surface area contributed by atoms with Crippen molar-refractivity contribution in [2.75, 3.05) is 17.7 Å². The Morgan fingerprint density at radius 1 is 1.33 bits per heavy atom. The normalized spacial score (nSPS) is 13.8. The average Bonchev–Trinajstić information content (AvgIpc) is 3.13. The summed E-state index contributed by atoms with van der Waals surface area (Å²) < 4.78 is 1.53. The zero-order valence-electron chi connectivity index (χ0n) is 15.4. The van der Waals surface area contributed by atoms with E-state index in [1.165, 1.54) is 21.9 Å². The quantitative estimate of drug-likeness (QED) is 0.496. The van der Waals surface area contributed by atoms with Gasteiger partial charge in [0.05, 0.1) is 5.39 Å². The molecule has 3 aromatic rings. The molecule has 0 spiro atoms. The summed E-state index contributed by atoms with van der Waals surface area (Å²) in [5.74, 6) is -0.0633. The third-order valence-corrected chi connectivity index (χ3v) is 6.75. The summed E-state index contributed by atoms with van der Waals surface area (Å²) in [4.78, 5) is 34.5. The summed E-state index contributed by atoms with van der Waals surface area (Å²) in [7, 11) is 0. The number of para-hydroxylation sites is 1. The second-order valence-corrected chi connectivity index (χ2v) is 8.44. The van der Waals surface area contributed by atoms with Gasteiger partial charge in [-0.1, -0.05) is 36.9 Å². The van der Waals surface area contributed by atoms with E-state index in [0.29, 0.717) is 17.1 Å². The highest BCUT2D eigenvalue weighted by Crippen LogP contribution is 2.28. The number of hydrogen-bond donors (Lipinski definition) is 0. The lowest BCUT2D eigenvalue weighted by molar-refractivity contribution is -0.119. The molecule has 1 aliphatic rings. The minimum absolute atomic E-state index is 0.0174. The summed E-state index contributed by atoms with van der Waals surface area (Å²) in [5.41, 5.74) is 2.03. The van der Waals surface area contributed by atoms with Gasteiger partial charge in [-0.3, -0.25) is 14.2 Å². The van der Waals surface area contributed by atoms with Crippen molar-refractivity contribution >= 4 is 44.9 Å². The molecular formula is C20H21N3O2S2. The van der Waals surface area contributed by atoms with E-state index < -0.39 is 0 Å². The molecule has 1 amide bonds. The zero-order valence-corrected chi connectivity index (χ0v) is 17.0. The minimum Gasteiger partial charge on any atom is -0.311 e. The number of hydrogen-bond acceptors (Lipinski definition) is 5. The number of thiophene rings is 1. The highest BCUT2D eigenvalue weighted by molar-refractivity contribution is 7.98. The van der Waals surface area contributed by atoms with Gasteiger partial charge in [-0.15, -0.1) is 11.3 Å². The Kier molecular flexibility index (Phi) is 5.06. The van der Waals surface area contributed by atoms with Crippen LogP contribution >= 0.6 is 23.1 Å². The van der Waals surface area contributed by atoms with Gasteiger partial charge in [0.25, 0.3) is 5.56 Å². The van der Waals surface area contributed by atoms with Crippen LogP contribution in [0.2, 0.25) is 0 Å². The summed E-state index contributed by atoms with van der Waals surface area (Å²) in [5, 5.41) is 1.21. The molecule has 140 valence electrons. The van der Waals surface area contributed by atoms with Crippen LogP contribution in [0.3, 0.4) is 0 Å². The first kappa shape index (κ1) is 18.3. The maximum absolute atomic E-state index is 13.1. The molecule has 0 fully saturated rings. The molecule has 0 saturated carbocycles. The fraction of sp³-hybridized carbons (Fsp3) is 0.350. The minimum atomic E-state index is -0.126. The van der Waals surface area contributed by atoms with Crippen LogP contribution in [0, 0.1) is 0 Å². The standard InChI is InChI=1S/C20H21N3O2S2/c1-3-14-11-15-18(27-14)21-20(26-2)23(19(15)25)12-17(24)22-10-6-8-13-7-4-5-9-16(13)22/h4-5,7,9,11H,3,6,8,10,12H2,1-2H3. The molecule has 0 bridgehead atoms. The number of nitrogens with zero attached hydrogens (tertiary/aromatic N) is 3. The van der Waals surface area contributed by atoms with Crippen LogP contribution in [0.4, 0.5) is 5.69 Å². The van der Waals surface area contributed by atoms with Crippen LogP contribution in [0.5, 0.6) is 0 Å². The molecule has 0 saturated heterocycles. The van der Waals surface area contributed by atoms with Gasteiger partial charge in [0.1, 0.15) is 11.4 Å². The molecule has 7 heteroatoms. The van der Waals surface area contributed by atoms with E-state index in [9.17, 15) is 9.59 Å². The van der Waals surface area contributed by atoms with Crippen LogP contribution in [-0.2, 0) is 24.2 Å². The molecule has 1 aromatic carbocycles. The average molecular weight is 400 g/mol. The van der Waals surface area contributed by atoms with Gasteiger partial charge in [-0.25, -0.2) is 4.98 Å². The second kappa shape index (κ2) is 7.48. The van der Waals surface area contributed by atoms with Gasteiger partial charge in [0.2, 0.25) is 5.91 Å². The predicted molar refractivity (Wildman–Crippen MR) is 112 cm³/mol. The van der Waals surface area contributed by atoms with E-state index in [1.807, 2.05) is 35.4 Å². The Morgan fingerprint density at radius 2 is 2.15 bits per heavy atom. The smallest absolute Gasteiger partial charge is 0.263 e. The number of rotatable bonds is 4. The van der Waals surface area contributed by atoms with Gasteiger partial charge in [-0.2, -0.15) is 0 Å². The highest BCUT2D eigenvalue weighted by atomic mass is 32.2. The predicted octanol–water partition coefficient (Wildman–Crippen LogP) is 3.72. The lowest BCUT2D eigenvalue weighted by atomic mass is 10.0. The first-order valence-electron chi connectivity index (χ1n) is 9.08. The fourth-order valence-electron chi connectivity index (χ4n) is 3.53. The zero-order chi connectivity index (χ0) is 19.0. The van der Waals surface area contributed by atoms with E-state index in [0.717, 1.165) is 34.7 Å². The maximum atomic E-state index is 13.1. The molecule has 1 aliphatic heterocycles. The van der Waals surface area contributed by atoms with E-state index in [1.54, 1.807) is 11.3 Å². The number of thioether (sulfide) groups is 1. The van der Waals surface area contributed by atoms with Gasteiger partial charge in [-0.05, 0) is 43.2 Å².